The quantitative estimate of drug-likeness (QED) is 0.629. The molecule has 0 heterocycles. The van der Waals surface area contributed by atoms with Crippen molar-refractivity contribution in [2.75, 3.05) is 13.1 Å². The highest BCUT2D eigenvalue weighted by Gasteiger charge is 2.17. The van der Waals surface area contributed by atoms with Crippen LogP contribution in [-0.2, 0) is 14.4 Å². The summed E-state index contributed by atoms with van der Waals surface area (Å²) in [7, 11) is 0. The Morgan fingerprint density at radius 1 is 1.10 bits per heavy atom. The SMILES string of the molecule is CC(CNC(=O)CNC(=O)CC1CCCCC1)CC(=O)O. The summed E-state index contributed by atoms with van der Waals surface area (Å²) in [5.41, 5.74) is 0. The molecular formula is C15H26N2O4. The van der Waals surface area contributed by atoms with E-state index in [0.717, 1.165) is 12.8 Å². The molecule has 0 aliphatic heterocycles. The Labute approximate surface area is 125 Å². The van der Waals surface area contributed by atoms with Gasteiger partial charge in [-0.3, -0.25) is 14.4 Å². The van der Waals surface area contributed by atoms with Crippen LogP contribution in [0.3, 0.4) is 0 Å². The van der Waals surface area contributed by atoms with Gasteiger partial charge in [-0.1, -0.05) is 26.2 Å². The monoisotopic (exact) mass is 298 g/mol. The van der Waals surface area contributed by atoms with Gasteiger partial charge in [0.25, 0.3) is 0 Å². The number of carbonyl (C=O) groups excluding carboxylic acids is 2. The molecule has 0 aromatic carbocycles. The molecule has 0 spiro atoms. The lowest BCUT2D eigenvalue weighted by Crippen LogP contribution is -2.39. The van der Waals surface area contributed by atoms with Crippen LogP contribution in [-0.4, -0.2) is 36.0 Å². The van der Waals surface area contributed by atoms with Gasteiger partial charge in [-0.05, 0) is 24.7 Å². The highest BCUT2D eigenvalue weighted by molar-refractivity contribution is 5.84. The molecule has 1 unspecified atom stereocenters. The van der Waals surface area contributed by atoms with Crippen LogP contribution in [0.2, 0.25) is 0 Å². The molecule has 1 saturated carbocycles. The fraction of sp³-hybridized carbons (Fsp3) is 0.800. The molecule has 0 radical (unpaired) electrons. The van der Waals surface area contributed by atoms with E-state index in [1.807, 2.05) is 0 Å². The summed E-state index contributed by atoms with van der Waals surface area (Å²) in [6.45, 7) is 2.03. The summed E-state index contributed by atoms with van der Waals surface area (Å²) in [4.78, 5) is 33.8. The van der Waals surface area contributed by atoms with E-state index in [1.54, 1.807) is 6.92 Å². The zero-order chi connectivity index (χ0) is 15.7. The minimum atomic E-state index is -0.877. The average Bonchev–Trinajstić information content (AvgIpc) is 2.43. The molecule has 21 heavy (non-hydrogen) atoms. The summed E-state index contributed by atoms with van der Waals surface area (Å²) < 4.78 is 0. The van der Waals surface area contributed by atoms with Crippen LogP contribution in [0.1, 0.15) is 51.9 Å². The van der Waals surface area contributed by atoms with Gasteiger partial charge in [0.05, 0.1) is 6.54 Å². The zero-order valence-electron chi connectivity index (χ0n) is 12.7. The predicted molar refractivity (Wildman–Crippen MR) is 78.6 cm³/mol. The van der Waals surface area contributed by atoms with Crippen LogP contribution in [0.4, 0.5) is 0 Å². The van der Waals surface area contributed by atoms with Gasteiger partial charge in [0.1, 0.15) is 0 Å². The molecule has 1 fully saturated rings. The van der Waals surface area contributed by atoms with E-state index in [-0.39, 0.29) is 30.7 Å². The second-order valence-electron chi connectivity index (χ2n) is 5.99. The van der Waals surface area contributed by atoms with E-state index >= 15 is 0 Å². The summed E-state index contributed by atoms with van der Waals surface area (Å²) in [6, 6.07) is 0. The van der Waals surface area contributed by atoms with E-state index in [0.29, 0.717) is 18.9 Å². The number of rotatable bonds is 8. The van der Waals surface area contributed by atoms with Crippen molar-refractivity contribution in [2.24, 2.45) is 11.8 Å². The van der Waals surface area contributed by atoms with E-state index in [1.165, 1.54) is 19.3 Å². The van der Waals surface area contributed by atoms with Crippen molar-refractivity contribution in [1.82, 2.24) is 10.6 Å². The topological polar surface area (TPSA) is 95.5 Å². The van der Waals surface area contributed by atoms with Crippen LogP contribution in [0, 0.1) is 11.8 Å². The first-order chi connectivity index (χ1) is 9.97. The Morgan fingerprint density at radius 3 is 2.38 bits per heavy atom. The summed E-state index contributed by atoms with van der Waals surface area (Å²) >= 11 is 0. The molecule has 0 saturated heterocycles. The molecule has 2 amide bonds. The molecule has 1 aliphatic rings. The molecule has 0 bridgehead atoms. The van der Waals surface area contributed by atoms with Gasteiger partial charge in [0, 0.05) is 19.4 Å². The first-order valence-corrected chi connectivity index (χ1v) is 7.72. The van der Waals surface area contributed by atoms with Crippen molar-refractivity contribution >= 4 is 17.8 Å². The Bertz CT molecular complexity index is 365. The number of hydrogen-bond acceptors (Lipinski definition) is 3. The Morgan fingerprint density at radius 2 is 1.76 bits per heavy atom. The maximum atomic E-state index is 11.7. The average molecular weight is 298 g/mol. The van der Waals surface area contributed by atoms with Gasteiger partial charge in [0.2, 0.25) is 11.8 Å². The fourth-order valence-corrected chi connectivity index (χ4v) is 2.63. The van der Waals surface area contributed by atoms with E-state index in [9.17, 15) is 14.4 Å². The van der Waals surface area contributed by atoms with Crippen LogP contribution >= 0.6 is 0 Å². The molecule has 0 aromatic heterocycles. The van der Waals surface area contributed by atoms with E-state index in [2.05, 4.69) is 10.6 Å². The third kappa shape index (κ3) is 8.32. The molecule has 6 heteroatoms. The normalized spacial score (nSPS) is 17.0. The van der Waals surface area contributed by atoms with Gasteiger partial charge >= 0.3 is 5.97 Å². The Balaban J connectivity index is 2.11. The summed E-state index contributed by atoms with van der Waals surface area (Å²) in [5.74, 6) is -0.890. The van der Waals surface area contributed by atoms with Crippen molar-refractivity contribution in [3.05, 3.63) is 0 Å². The van der Waals surface area contributed by atoms with Crippen LogP contribution in [0.15, 0.2) is 0 Å². The minimum absolute atomic E-state index is 0.0221. The van der Waals surface area contributed by atoms with Gasteiger partial charge < -0.3 is 15.7 Å². The second-order valence-corrected chi connectivity index (χ2v) is 5.99. The van der Waals surface area contributed by atoms with Crippen molar-refractivity contribution in [1.29, 1.82) is 0 Å². The largest absolute Gasteiger partial charge is 0.481 e. The summed E-state index contributed by atoms with van der Waals surface area (Å²) in [5, 5.41) is 13.9. The predicted octanol–water partition coefficient (Wildman–Crippen LogP) is 1.30. The first-order valence-electron chi connectivity index (χ1n) is 7.72. The molecule has 1 rings (SSSR count). The first kappa shape index (κ1) is 17.5. The maximum Gasteiger partial charge on any atom is 0.303 e. The lowest BCUT2D eigenvalue weighted by Gasteiger charge is -2.20. The Hall–Kier alpha value is -1.59. The molecule has 6 nitrogen and oxygen atoms in total. The Kier molecular flexibility index (Phi) is 7.79. The number of amides is 2. The van der Waals surface area contributed by atoms with Crippen LogP contribution in [0.5, 0.6) is 0 Å². The third-order valence-corrected chi connectivity index (χ3v) is 3.82. The van der Waals surface area contributed by atoms with Gasteiger partial charge in [-0.25, -0.2) is 0 Å². The van der Waals surface area contributed by atoms with Crippen LogP contribution < -0.4 is 10.6 Å². The van der Waals surface area contributed by atoms with Crippen molar-refractivity contribution in [3.8, 4) is 0 Å². The number of hydrogen-bond donors (Lipinski definition) is 3. The highest BCUT2D eigenvalue weighted by Crippen LogP contribution is 2.25. The van der Waals surface area contributed by atoms with Crippen molar-refractivity contribution < 1.29 is 19.5 Å². The van der Waals surface area contributed by atoms with E-state index < -0.39 is 5.97 Å². The van der Waals surface area contributed by atoms with Crippen molar-refractivity contribution in [3.63, 3.8) is 0 Å². The summed E-state index contributed by atoms with van der Waals surface area (Å²) in [6.07, 6.45) is 6.38. The van der Waals surface area contributed by atoms with E-state index in [4.69, 9.17) is 5.11 Å². The zero-order valence-corrected chi connectivity index (χ0v) is 12.7. The number of carboxylic acid groups (broad SMARTS) is 1. The standard InChI is InChI=1S/C15H26N2O4/c1-11(7-15(20)21)9-16-14(19)10-17-13(18)8-12-5-3-2-4-6-12/h11-12H,2-10H2,1H3,(H,16,19)(H,17,18)(H,20,21). The number of aliphatic carboxylic acids is 1. The number of carboxylic acids is 1. The lowest BCUT2D eigenvalue weighted by molar-refractivity contribution is -0.138. The smallest absolute Gasteiger partial charge is 0.303 e. The molecule has 3 N–H and O–H groups in total. The molecule has 120 valence electrons. The number of carbonyl (C=O) groups is 3. The molecule has 1 atom stereocenters. The lowest BCUT2D eigenvalue weighted by atomic mass is 9.87. The molecule has 1 aliphatic carbocycles. The van der Waals surface area contributed by atoms with Gasteiger partial charge in [-0.15, -0.1) is 0 Å². The van der Waals surface area contributed by atoms with Gasteiger partial charge in [0.15, 0.2) is 0 Å². The maximum absolute atomic E-state index is 11.7. The fourth-order valence-electron chi connectivity index (χ4n) is 2.63. The highest BCUT2D eigenvalue weighted by atomic mass is 16.4. The number of nitrogens with one attached hydrogen (secondary N) is 2. The third-order valence-electron chi connectivity index (χ3n) is 3.82. The minimum Gasteiger partial charge on any atom is -0.481 e. The van der Waals surface area contributed by atoms with Crippen molar-refractivity contribution in [2.45, 2.75) is 51.9 Å². The second kappa shape index (κ2) is 9.37. The molecular weight excluding hydrogens is 272 g/mol. The molecule has 0 aromatic rings. The van der Waals surface area contributed by atoms with Gasteiger partial charge in [-0.2, -0.15) is 0 Å². The van der Waals surface area contributed by atoms with Crippen LogP contribution in [0.25, 0.3) is 0 Å².